The minimum atomic E-state index is -0.130. The Morgan fingerprint density at radius 1 is 0.958 bits per heavy atom. The molecule has 0 radical (unpaired) electrons. The Morgan fingerprint density at radius 2 is 1.67 bits per heavy atom. The van der Waals surface area contributed by atoms with Crippen LogP contribution in [-0.2, 0) is 14.3 Å². The van der Waals surface area contributed by atoms with Gasteiger partial charge in [-0.2, -0.15) is 0 Å². The number of esters is 1. The van der Waals surface area contributed by atoms with Crippen molar-refractivity contribution < 1.29 is 14.3 Å². The van der Waals surface area contributed by atoms with Gasteiger partial charge in [0.1, 0.15) is 0 Å². The summed E-state index contributed by atoms with van der Waals surface area (Å²) < 4.78 is 10.2. The van der Waals surface area contributed by atoms with Gasteiger partial charge in [-0.1, -0.05) is 56.2 Å². The molecule has 136 valence electrons. The standard InChI is InChI=1S/C21H34O3/c1-3-4-5-6-7-8-9-10-11-12-13-14-16-19-20(24-19)17-15-18-21(22)23-2/h7-8,10-11,13-14,19-20H,3-6,9,12,15-18H2,1-2H3/b8-7+,11-10-,14-13+/t19-,20+/m0/s1. The molecule has 0 spiro atoms. The van der Waals surface area contributed by atoms with Crippen molar-refractivity contribution in [3.63, 3.8) is 0 Å². The van der Waals surface area contributed by atoms with Crippen molar-refractivity contribution in [1.29, 1.82) is 0 Å². The van der Waals surface area contributed by atoms with Crippen molar-refractivity contribution in [1.82, 2.24) is 0 Å². The first-order valence-corrected chi connectivity index (χ1v) is 9.45. The normalized spacial score (nSPS) is 20.4. The van der Waals surface area contributed by atoms with E-state index < -0.39 is 0 Å². The Kier molecular flexibility index (Phi) is 12.1. The quantitative estimate of drug-likeness (QED) is 0.182. The number of unbranched alkanes of at least 4 members (excludes halogenated alkanes) is 3. The highest BCUT2D eigenvalue weighted by atomic mass is 16.6. The summed E-state index contributed by atoms with van der Waals surface area (Å²) in [5.41, 5.74) is 0. The highest BCUT2D eigenvalue weighted by molar-refractivity contribution is 5.68. The summed E-state index contributed by atoms with van der Waals surface area (Å²) >= 11 is 0. The monoisotopic (exact) mass is 334 g/mol. The van der Waals surface area contributed by atoms with Crippen LogP contribution in [0.3, 0.4) is 0 Å². The molecule has 0 aromatic rings. The summed E-state index contributed by atoms with van der Waals surface area (Å²) in [5, 5.41) is 0. The summed E-state index contributed by atoms with van der Waals surface area (Å²) in [5.74, 6) is -0.130. The minimum absolute atomic E-state index is 0.130. The fourth-order valence-electron chi connectivity index (χ4n) is 2.59. The van der Waals surface area contributed by atoms with Gasteiger partial charge < -0.3 is 9.47 Å². The van der Waals surface area contributed by atoms with E-state index in [0.29, 0.717) is 18.6 Å². The van der Waals surface area contributed by atoms with Crippen LogP contribution in [0, 0.1) is 0 Å². The van der Waals surface area contributed by atoms with E-state index in [-0.39, 0.29) is 5.97 Å². The number of ether oxygens (including phenoxy) is 2. The molecule has 1 aliphatic heterocycles. The van der Waals surface area contributed by atoms with Gasteiger partial charge in [-0.05, 0) is 44.9 Å². The maximum absolute atomic E-state index is 11.0. The molecule has 1 heterocycles. The van der Waals surface area contributed by atoms with Crippen LogP contribution in [0.2, 0.25) is 0 Å². The fraction of sp³-hybridized carbons (Fsp3) is 0.667. The van der Waals surface area contributed by atoms with E-state index in [4.69, 9.17) is 4.74 Å². The molecule has 3 nitrogen and oxygen atoms in total. The largest absolute Gasteiger partial charge is 0.469 e. The molecule has 0 aromatic heterocycles. The van der Waals surface area contributed by atoms with Gasteiger partial charge in [0, 0.05) is 6.42 Å². The first kappa shape index (κ1) is 20.7. The number of hydrogen-bond donors (Lipinski definition) is 0. The van der Waals surface area contributed by atoms with Gasteiger partial charge in [0.2, 0.25) is 0 Å². The topological polar surface area (TPSA) is 38.8 Å². The Balaban J connectivity index is 1.92. The van der Waals surface area contributed by atoms with Gasteiger partial charge in [-0.3, -0.25) is 4.79 Å². The highest BCUT2D eigenvalue weighted by Crippen LogP contribution is 2.30. The molecule has 1 fully saturated rings. The van der Waals surface area contributed by atoms with Gasteiger partial charge in [-0.25, -0.2) is 0 Å². The van der Waals surface area contributed by atoms with E-state index in [1.807, 2.05) is 0 Å². The van der Waals surface area contributed by atoms with Crippen molar-refractivity contribution >= 4 is 5.97 Å². The Morgan fingerprint density at radius 3 is 2.38 bits per heavy atom. The Bertz CT molecular complexity index is 409. The van der Waals surface area contributed by atoms with Crippen LogP contribution in [-0.4, -0.2) is 25.3 Å². The Hall–Kier alpha value is -1.35. The molecule has 0 N–H and O–H groups in total. The van der Waals surface area contributed by atoms with Crippen LogP contribution in [0.25, 0.3) is 0 Å². The summed E-state index contributed by atoms with van der Waals surface area (Å²) in [7, 11) is 1.43. The molecule has 0 aromatic carbocycles. The molecule has 0 unspecified atom stereocenters. The number of epoxide rings is 1. The number of rotatable bonds is 14. The molecule has 1 rings (SSSR count). The molecule has 24 heavy (non-hydrogen) atoms. The lowest BCUT2D eigenvalue weighted by molar-refractivity contribution is -0.140. The number of methoxy groups -OCH3 is 1. The van der Waals surface area contributed by atoms with E-state index in [1.165, 1.54) is 32.8 Å². The average Bonchev–Trinajstić information content (AvgIpc) is 3.34. The molecule has 1 saturated heterocycles. The second-order valence-electron chi connectivity index (χ2n) is 6.30. The first-order valence-electron chi connectivity index (χ1n) is 9.45. The van der Waals surface area contributed by atoms with Gasteiger partial charge in [-0.15, -0.1) is 0 Å². The summed E-state index contributed by atoms with van der Waals surface area (Å²) in [6.07, 6.45) is 24.6. The Labute approximate surface area is 147 Å². The van der Waals surface area contributed by atoms with Crippen molar-refractivity contribution in [2.75, 3.05) is 7.11 Å². The second kappa shape index (κ2) is 14.0. The van der Waals surface area contributed by atoms with Gasteiger partial charge in [0.25, 0.3) is 0 Å². The van der Waals surface area contributed by atoms with Gasteiger partial charge >= 0.3 is 5.97 Å². The van der Waals surface area contributed by atoms with Crippen LogP contribution in [0.1, 0.15) is 71.1 Å². The molecule has 1 aliphatic rings. The zero-order valence-electron chi connectivity index (χ0n) is 15.4. The van der Waals surface area contributed by atoms with Gasteiger partial charge in [0.15, 0.2) is 0 Å². The van der Waals surface area contributed by atoms with Crippen molar-refractivity contribution in [2.24, 2.45) is 0 Å². The van der Waals surface area contributed by atoms with E-state index in [2.05, 4.69) is 48.1 Å². The molecule has 0 aliphatic carbocycles. The van der Waals surface area contributed by atoms with E-state index >= 15 is 0 Å². The zero-order valence-corrected chi connectivity index (χ0v) is 15.4. The summed E-state index contributed by atoms with van der Waals surface area (Å²) in [4.78, 5) is 11.0. The fourth-order valence-corrected chi connectivity index (χ4v) is 2.59. The van der Waals surface area contributed by atoms with Crippen LogP contribution in [0.4, 0.5) is 0 Å². The molecule has 0 bridgehead atoms. The van der Waals surface area contributed by atoms with Crippen LogP contribution in [0.5, 0.6) is 0 Å². The third-order valence-electron chi connectivity index (χ3n) is 4.17. The molecular formula is C21H34O3. The first-order chi connectivity index (χ1) is 11.8. The molecule has 0 amide bonds. The number of carbonyl (C=O) groups excluding carboxylic acids is 1. The smallest absolute Gasteiger partial charge is 0.305 e. The maximum atomic E-state index is 11.0. The van der Waals surface area contributed by atoms with Crippen LogP contribution in [0.15, 0.2) is 36.5 Å². The van der Waals surface area contributed by atoms with Crippen molar-refractivity contribution in [3.8, 4) is 0 Å². The third-order valence-corrected chi connectivity index (χ3v) is 4.17. The lowest BCUT2D eigenvalue weighted by atomic mass is 10.1. The minimum Gasteiger partial charge on any atom is -0.469 e. The lowest BCUT2D eigenvalue weighted by Gasteiger charge is -1.96. The average molecular weight is 335 g/mol. The van der Waals surface area contributed by atoms with Crippen molar-refractivity contribution in [2.45, 2.75) is 83.3 Å². The molecule has 3 heteroatoms. The molecule has 2 atom stereocenters. The SMILES string of the molecule is CCCCC/C=C/C/C=C\C/C=C/C[C@@H]1O[C@@H]1CCCC(=O)OC. The third kappa shape index (κ3) is 11.2. The lowest BCUT2D eigenvalue weighted by Crippen LogP contribution is -2.01. The predicted octanol–water partition coefficient (Wildman–Crippen LogP) is 5.52. The summed E-state index contributed by atoms with van der Waals surface area (Å²) in [6, 6.07) is 0. The summed E-state index contributed by atoms with van der Waals surface area (Å²) in [6.45, 7) is 2.24. The van der Waals surface area contributed by atoms with E-state index in [1.54, 1.807) is 0 Å². The number of carbonyl (C=O) groups is 1. The van der Waals surface area contributed by atoms with Crippen LogP contribution < -0.4 is 0 Å². The predicted molar refractivity (Wildman–Crippen MR) is 99.9 cm³/mol. The van der Waals surface area contributed by atoms with E-state index in [0.717, 1.165) is 32.1 Å². The van der Waals surface area contributed by atoms with Crippen LogP contribution >= 0.6 is 0 Å². The number of allylic oxidation sites excluding steroid dienone is 5. The second-order valence-corrected chi connectivity index (χ2v) is 6.30. The van der Waals surface area contributed by atoms with Crippen molar-refractivity contribution in [3.05, 3.63) is 36.5 Å². The highest BCUT2D eigenvalue weighted by Gasteiger charge is 2.36. The zero-order chi connectivity index (χ0) is 17.5. The maximum Gasteiger partial charge on any atom is 0.305 e. The number of hydrogen-bond acceptors (Lipinski definition) is 3. The molecule has 0 saturated carbocycles. The van der Waals surface area contributed by atoms with E-state index in [9.17, 15) is 4.79 Å². The van der Waals surface area contributed by atoms with Gasteiger partial charge in [0.05, 0.1) is 19.3 Å². The molecular weight excluding hydrogens is 300 g/mol.